The third-order valence-electron chi connectivity index (χ3n) is 9.53. The lowest BCUT2D eigenvalue weighted by Crippen LogP contribution is -2.01. The first kappa shape index (κ1) is 25.2. The number of aromatic nitrogens is 3. The average molecular weight is 586 g/mol. The molecule has 46 heavy (non-hydrogen) atoms. The zero-order valence-corrected chi connectivity index (χ0v) is 24.9. The van der Waals surface area contributed by atoms with Crippen molar-refractivity contribution in [3.05, 3.63) is 164 Å². The Hall–Kier alpha value is -6.19. The van der Waals surface area contributed by atoms with Crippen molar-refractivity contribution >= 4 is 65.2 Å². The summed E-state index contributed by atoms with van der Waals surface area (Å²) in [5.41, 5.74) is 8.19. The van der Waals surface area contributed by atoms with Crippen LogP contribution >= 0.6 is 0 Å². The van der Waals surface area contributed by atoms with Crippen molar-refractivity contribution in [2.24, 2.45) is 0 Å². The van der Waals surface area contributed by atoms with E-state index < -0.39 is 0 Å². The Morgan fingerprint density at radius 2 is 0.913 bits per heavy atom. The summed E-state index contributed by atoms with van der Waals surface area (Å²) in [6.45, 7) is 0. The molecular formula is C43H27N3. The van der Waals surface area contributed by atoms with Crippen LogP contribution in [0.3, 0.4) is 0 Å². The molecule has 3 nitrogen and oxygen atoms in total. The fourth-order valence-electron chi connectivity index (χ4n) is 7.58. The molecule has 0 saturated carbocycles. The summed E-state index contributed by atoms with van der Waals surface area (Å²) in [5.74, 6) is 0.938. The van der Waals surface area contributed by atoms with Gasteiger partial charge in [0.25, 0.3) is 0 Å². The molecule has 214 valence electrons. The summed E-state index contributed by atoms with van der Waals surface area (Å²) in [6.07, 6.45) is 2.05. The van der Waals surface area contributed by atoms with Gasteiger partial charge in [0, 0.05) is 49.8 Å². The SMILES string of the molecule is c1ccc(-c2cnc(-n3c4ccccc4c4ccc5ccc6c7ccccc7n(-c7ccccc7)c6c5c43)c3ccccc23)cc1. The molecule has 0 spiro atoms. The van der Waals surface area contributed by atoms with Gasteiger partial charge in [-0.05, 0) is 40.6 Å². The normalized spacial score (nSPS) is 11.9. The van der Waals surface area contributed by atoms with E-state index >= 15 is 0 Å². The Morgan fingerprint density at radius 1 is 0.391 bits per heavy atom. The Labute approximate surface area is 265 Å². The summed E-state index contributed by atoms with van der Waals surface area (Å²) in [7, 11) is 0. The van der Waals surface area contributed by atoms with Gasteiger partial charge in [-0.2, -0.15) is 0 Å². The molecule has 0 aliphatic heterocycles. The first-order chi connectivity index (χ1) is 22.9. The summed E-state index contributed by atoms with van der Waals surface area (Å²) in [5, 5.41) is 9.67. The molecule has 0 atom stereocenters. The number of hydrogen-bond donors (Lipinski definition) is 0. The zero-order chi connectivity index (χ0) is 30.2. The number of fused-ring (bicyclic) bond motifs is 10. The van der Waals surface area contributed by atoms with Gasteiger partial charge in [0.2, 0.25) is 0 Å². The molecule has 0 N–H and O–H groups in total. The maximum Gasteiger partial charge on any atom is 0.145 e. The zero-order valence-electron chi connectivity index (χ0n) is 24.9. The van der Waals surface area contributed by atoms with Crippen molar-refractivity contribution in [2.75, 3.05) is 0 Å². The molecule has 0 amide bonds. The Balaban J connectivity index is 1.44. The Morgan fingerprint density at radius 3 is 1.59 bits per heavy atom. The third kappa shape index (κ3) is 3.45. The quantitative estimate of drug-likeness (QED) is 0.202. The van der Waals surface area contributed by atoms with Gasteiger partial charge in [-0.15, -0.1) is 0 Å². The average Bonchev–Trinajstić information content (AvgIpc) is 3.65. The molecular weight excluding hydrogens is 558 g/mol. The van der Waals surface area contributed by atoms with Crippen molar-refractivity contribution < 1.29 is 0 Å². The monoisotopic (exact) mass is 585 g/mol. The van der Waals surface area contributed by atoms with E-state index in [2.05, 4.69) is 173 Å². The van der Waals surface area contributed by atoms with E-state index in [1.165, 1.54) is 59.8 Å². The van der Waals surface area contributed by atoms with Gasteiger partial charge < -0.3 is 4.57 Å². The lowest BCUT2D eigenvalue weighted by Gasteiger charge is -2.16. The fourth-order valence-corrected chi connectivity index (χ4v) is 7.58. The molecule has 0 aliphatic rings. The molecule has 0 fully saturated rings. The molecule has 10 aromatic rings. The van der Waals surface area contributed by atoms with Crippen LogP contribution in [-0.4, -0.2) is 14.1 Å². The minimum absolute atomic E-state index is 0.938. The third-order valence-corrected chi connectivity index (χ3v) is 9.53. The maximum atomic E-state index is 5.29. The van der Waals surface area contributed by atoms with Crippen LogP contribution in [0.25, 0.3) is 87.8 Å². The number of nitrogens with zero attached hydrogens (tertiary/aromatic N) is 3. The predicted molar refractivity (Wildman–Crippen MR) is 193 cm³/mol. The Bertz CT molecular complexity index is 2780. The topological polar surface area (TPSA) is 22.8 Å². The van der Waals surface area contributed by atoms with E-state index in [0.29, 0.717) is 0 Å². The molecule has 3 heterocycles. The summed E-state index contributed by atoms with van der Waals surface area (Å²) < 4.78 is 4.86. The summed E-state index contributed by atoms with van der Waals surface area (Å²) in [4.78, 5) is 5.29. The number of para-hydroxylation sites is 3. The minimum atomic E-state index is 0.938. The van der Waals surface area contributed by atoms with Crippen molar-refractivity contribution in [1.82, 2.24) is 14.1 Å². The van der Waals surface area contributed by atoms with Gasteiger partial charge in [0.1, 0.15) is 5.82 Å². The van der Waals surface area contributed by atoms with Crippen LogP contribution in [0.4, 0.5) is 0 Å². The highest BCUT2D eigenvalue weighted by Gasteiger charge is 2.22. The van der Waals surface area contributed by atoms with Crippen molar-refractivity contribution in [3.8, 4) is 22.6 Å². The van der Waals surface area contributed by atoms with Gasteiger partial charge in [-0.3, -0.25) is 4.57 Å². The standard InChI is InChI=1S/C43H27N3/c1-3-13-28(14-4-1)37-27-44-43(36-20-8-7-17-31(36)37)46-39-22-12-10-19-33(39)35-26-24-29-23-25-34-32-18-9-11-21-38(32)45(30-15-5-2-6-16-30)41(34)40(29)42(35)46/h1-27H. The highest BCUT2D eigenvalue weighted by atomic mass is 15.1. The minimum Gasteiger partial charge on any atom is -0.309 e. The van der Waals surface area contributed by atoms with E-state index in [1.807, 2.05) is 0 Å². The van der Waals surface area contributed by atoms with Crippen molar-refractivity contribution in [3.63, 3.8) is 0 Å². The highest BCUT2D eigenvalue weighted by molar-refractivity contribution is 6.28. The molecule has 0 aliphatic carbocycles. The first-order valence-corrected chi connectivity index (χ1v) is 15.7. The van der Waals surface area contributed by atoms with Gasteiger partial charge in [-0.1, -0.05) is 133 Å². The van der Waals surface area contributed by atoms with Crippen LogP contribution < -0.4 is 0 Å². The number of pyridine rings is 1. The highest BCUT2D eigenvalue weighted by Crippen LogP contribution is 2.44. The second-order valence-electron chi connectivity index (χ2n) is 12.0. The molecule has 0 unspecified atom stereocenters. The molecule has 3 heteroatoms. The van der Waals surface area contributed by atoms with Gasteiger partial charge in [-0.25, -0.2) is 4.98 Å². The summed E-state index contributed by atoms with van der Waals surface area (Å²) in [6, 6.07) is 56.7. The van der Waals surface area contributed by atoms with Gasteiger partial charge in [0.05, 0.1) is 22.1 Å². The van der Waals surface area contributed by atoms with Gasteiger partial charge >= 0.3 is 0 Å². The number of rotatable bonds is 3. The lowest BCUT2D eigenvalue weighted by atomic mass is 10.00. The fraction of sp³-hybridized carbons (Fsp3) is 0. The molecule has 3 aromatic heterocycles. The molecule has 0 bridgehead atoms. The molecule has 0 radical (unpaired) electrons. The van der Waals surface area contributed by atoms with Gasteiger partial charge in [0.15, 0.2) is 0 Å². The second kappa shape index (κ2) is 9.65. The van der Waals surface area contributed by atoms with Crippen LogP contribution in [0.1, 0.15) is 0 Å². The molecule has 0 saturated heterocycles. The van der Waals surface area contributed by atoms with E-state index in [1.54, 1.807) is 0 Å². The van der Waals surface area contributed by atoms with Crippen LogP contribution in [0.2, 0.25) is 0 Å². The van der Waals surface area contributed by atoms with Crippen molar-refractivity contribution in [1.29, 1.82) is 0 Å². The van der Waals surface area contributed by atoms with Crippen LogP contribution in [0.15, 0.2) is 164 Å². The number of benzene rings is 7. The molecule has 10 rings (SSSR count). The Kier molecular flexibility index (Phi) is 5.28. The lowest BCUT2D eigenvalue weighted by molar-refractivity contribution is 1.10. The maximum absolute atomic E-state index is 5.29. The van der Waals surface area contributed by atoms with Crippen molar-refractivity contribution in [2.45, 2.75) is 0 Å². The molecule has 7 aromatic carbocycles. The largest absolute Gasteiger partial charge is 0.309 e. The van der Waals surface area contributed by atoms with Crippen LogP contribution in [0.5, 0.6) is 0 Å². The first-order valence-electron chi connectivity index (χ1n) is 15.7. The van der Waals surface area contributed by atoms with E-state index in [9.17, 15) is 0 Å². The van der Waals surface area contributed by atoms with E-state index in [-0.39, 0.29) is 0 Å². The number of hydrogen-bond acceptors (Lipinski definition) is 1. The predicted octanol–water partition coefficient (Wildman–Crippen LogP) is 11.2. The second-order valence-corrected chi connectivity index (χ2v) is 12.0. The van der Waals surface area contributed by atoms with Crippen LogP contribution in [0, 0.1) is 0 Å². The summed E-state index contributed by atoms with van der Waals surface area (Å²) >= 11 is 0. The smallest absolute Gasteiger partial charge is 0.145 e. The van der Waals surface area contributed by atoms with Crippen LogP contribution in [-0.2, 0) is 0 Å². The van der Waals surface area contributed by atoms with E-state index in [0.717, 1.165) is 28.0 Å². The van der Waals surface area contributed by atoms with E-state index in [4.69, 9.17) is 4.98 Å².